The van der Waals surface area contributed by atoms with Gasteiger partial charge in [0, 0.05) is 16.9 Å². The van der Waals surface area contributed by atoms with Crippen LogP contribution >= 0.6 is 27.5 Å². The lowest BCUT2D eigenvalue weighted by Gasteiger charge is -2.07. The van der Waals surface area contributed by atoms with Gasteiger partial charge >= 0.3 is 0 Å². The minimum absolute atomic E-state index is 0.0699. The van der Waals surface area contributed by atoms with Gasteiger partial charge in [-0.2, -0.15) is 0 Å². The summed E-state index contributed by atoms with van der Waals surface area (Å²) >= 11 is 8.95. The van der Waals surface area contributed by atoms with Crippen LogP contribution in [-0.2, 0) is 16.6 Å². The Morgan fingerprint density at radius 3 is 2.79 bits per heavy atom. The van der Waals surface area contributed by atoms with Crippen molar-refractivity contribution in [2.24, 2.45) is 0 Å². The van der Waals surface area contributed by atoms with Crippen LogP contribution in [0.5, 0.6) is 0 Å². The highest BCUT2D eigenvalue weighted by Gasteiger charge is 2.19. The molecule has 0 bridgehead atoms. The summed E-state index contributed by atoms with van der Waals surface area (Å²) in [7, 11) is -3.73. The Morgan fingerprint density at radius 1 is 1.32 bits per heavy atom. The molecule has 0 spiro atoms. The molecule has 0 saturated heterocycles. The molecule has 0 unspecified atom stereocenters. The summed E-state index contributed by atoms with van der Waals surface area (Å²) in [5, 5.41) is -0.0725. The molecule has 0 aliphatic heterocycles. The van der Waals surface area contributed by atoms with Gasteiger partial charge in [0.05, 0.1) is 12.2 Å². The fourth-order valence-electron chi connectivity index (χ4n) is 1.34. The highest BCUT2D eigenvalue weighted by atomic mass is 79.9. The zero-order chi connectivity index (χ0) is 13.9. The van der Waals surface area contributed by atoms with E-state index in [1.165, 1.54) is 12.3 Å². The van der Waals surface area contributed by atoms with E-state index in [1.54, 1.807) is 24.4 Å². The molecule has 0 fully saturated rings. The topological polar surface area (TPSA) is 72.0 Å². The molecule has 2 heterocycles. The Kier molecular flexibility index (Phi) is 4.51. The third-order valence-corrected chi connectivity index (χ3v) is 4.49. The molecule has 1 N–H and O–H groups in total. The largest absolute Gasteiger partial charge is 0.260 e. The molecule has 5 nitrogen and oxygen atoms in total. The van der Waals surface area contributed by atoms with Crippen molar-refractivity contribution in [2.45, 2.75) is 11.4 Å². The van der Waals surface area contributed by atoms with Gasteiger partial charge in [0.1, 0.15) is 10.0 Å². The molecule has 2 aromatic heterocycles. The SMILES string of the molecule is O=S(=O)(NCc1ccccn1)c1cc(Br)cnc1Cl. The Labute approximate surface area is 124 Å². The lowest BCUT2D eigenvalue weighted by Crippen LogP contribution is -2.24. The Balaban J connectivity index is 2.21. The number of halogens is 2. The molecule has 0 aliphatic rings. The normalized spacial score (nSPS) is 11.5. The minimum Gasteiger partial charge on any atom is -0.260 e. The van der Waals surface area contributed by atoms with E-state index in [1.807, 2.05) is 0 Å². The van der Waals surface area contributed by atoms with Crippen LogP contribution in [0.4, 0.5) is 0 Å². The number of pyridine rings is 2. The van der Waals surface area contributed by atoms with Crippen molar-refractivity contribution in [3.8, 4) is 0 Å². The first kappa shape index (κ1) is 14.4. The lowest BCUT2D eigenvalue weighted by atomic mass is 10.4. The predicted octanol–water partition coefficient (Wildman–Crippen LogP) is 2.37. The second-order valence-corrected chi connectivity index (χ2v) is 6.60. The second-order valence-electron chi connectivity index (χ2n) is 3.59. The average molecular weight is 363 g/mol. The van der Waals surface area contributed by atoms with Crippen molar-refractivity contribution in [1.29, 1.82) is 0 Å². The van der Waals surface area contributed by atoms with E-state index in [9.17, 15) is 8.42 Å². The van der Waals surface area contributed by atoms with Crippen molar-refractivity contribution in [1.82, 2.24) is 14.7 Å². The molecule has 19 heavy (non-hydrogen) atoms. The third-order valence-electron chi connectivity index (χ3n) is 2.23. The molecule has 2 aromatic rings. The molecule has 0 radical (unpaired) electrons. The zero-order valence-corrected chi connectivity index (χ0v) is 12.7. The van der Waals surface area contributed by atoms with Gasteiger partial charge in [-0.15, -0.1) is 0 Å². The quantitative estimate of drug-likeness (QED) is 0.848. The van der Waals surface area contributed by atoms with Gasteiger partial charge in [-0.3, -0.25) is 4.98 Å². The third kappa shape index (κ3) is 3.73. The maximum Gasteiger partial charge on any atom is 0.244 e. The standard InChI is InChI=1S/C11H9BrClN3O2S/c12-8-5-10(11(13)15-6-8)19(17,18)16-7-9-3-1-2-4-14-9/h1-6,16H,7H2. The monoisotopic (exact) mass is 361 g/mol. The van der Waals surface area contributed by atoms with Crippen molar-refractivity contribution in [2.75, 3.05) is 0 Å². The van der Waals surface area contributed by atoms with E-state index in [4.69, 9.17) is 11.6 Å². The predicted molar refractivity (Wildman–Crippen MR) is 75.2 cm³/mol. The van der Waals surface area contributed by atoms with Gasteiger partial charge in [-0.1, -0.05) is 17.7 Å². The maximum atomic E-state index is 12.1. The average Bonchev–Trinajstić information content (AvgIpc) is 2.40. The van der Waals surface area contributed by atoms with E-state index in [-0.39, 0.29) is 16.6 Å². The van der Waals surface area contributed by atoms with Crippen molar-refractivity contribution in [3.05, 3.63) is 52.0 Å². The van der Waals surface area contributed by atoms with E-state index >= 15 is 0 Å². The molecule has 0 atom stereocenters. The highest BCUT2D eigenvalue weighted by molar-refractivity contribution is 9.10. The van der Waals surface area contributed by atoms with Crippen LogP contribution < -0.4 is 4.72 Å². The van der Waals surface area contributed by atoms with Gasteiger partial charge < -0.3 is 0 Å². The van der Waals surface area contributed by atoms with Crippen molar-refractivity contribution in [3.63, 3.8) is 0 Å². The number of nitrogens with one attached hydrogen (secondary N) is 1. The van der Waals surface area contributed by atoms with Crippen LogP contribution in [0.2, 0.25) is 5.15 Å². The summed E-state index contributed by atoms with van der Waals surface area (Å²) in [6.45, 7) is 0.0893. The Hall–Kier alpha value is -1.02. The molecular weight excluding hydrogens is 354 g/mol. The summed E-state index contributed by atoms with van der Waals surface area (Å²) in [4.78, 5) is 7.74. The molecule has 0 saturated carbocycles. The first-order valence-electron chi connectivity index (χ1n) is 5.19. The van der Waals surface area contributed by atoms with Crippen molar-refractivity contribution < 1.29 is 8.42 Å². The Morgan fingerprint density at radius 2 is 2.11 bits per heavy atom. The summed E-state index contributed by atoms with van der Waals surface area (Å²) in [6.07, 6.45) is 3.03. The van der Waals surface area contributed by atoms with Gasteiger partial charge in [-0.25, -0.2) is 18.1 Å². The first-order chi connectivity index (χ1) is 8.99. The summed E-state index contributed by atoms with van der Waals surface area (Å²) in [5.41, 5.74) is 0.616. The summed E-state index contributed by atoms with van der Waals surface area (Å²) < 4.78 is 27.1. The van der Waals surface area contributed by atoms with Crippen LogP contribution in [0.3, 0.4) is 0 Å². The molecule has 0 aliphatic carbocycles. The van der Waals surface area contributed by atoms with Crippen LogP contribution in [0.1, 0.15) is 5.69 Å². The van der Waals surface area contributed by atoms with Gasteiger partial charge in [0.15, 0.2) is 0 Å². The fraction of sp³-hybridized carbons (Fsp3) is 0.0909. The van der Waals surface area contributed by atoms with E-state index in [2.05, 4.69) is 30.6 Å². The highest BCUT2D eigenvalue weighted by Crippen LogP contribution is 2.22. The minimum atomic E-state index is -3.73. The van der Waals surface area contributed by atoms with E-state index in [0.717, 1.165) is 0 Å². The fourth-order valence-corrected chi connectivity index (χ4v) is 3.28. The number of rotatable bonds is 4. The van der Waals surface area contributed by atoms with E-state index < -0.39 is 10.0 Å². The second kappa shape index (κ2) is 5.96. The summed E-state index contributed by atoms with van der Waals surface area (Å²) in [6, 6.07) is 6.66. The summed E-state index contributed by atoms with van der Waals surface area (Å²) in [5.74, 6) is 0. The smallest absolute Gasteiger partial charge is 0.244 e. The number of aromatic nitrogens is 2. The van der Waals surface area contributed by atoms with Crippen LogP contribution in [0.25, 0.3) is 0 Å². The molecule has 0 amide bonds. The van der Waals surface area contributed by atoms with Crippen LogP contribution in [-0.4, -0.2) is 18.4 Å². The van der Waals surface area contributed by atoms with Crippen LogP contribution in [0, 0.1) is 0 Å². The number of nitrogens with zero attached hydrogens (tertiary/aromatic N) is 2. The van der Waals surface area contributed by atoms with E-state index in [0.29, 0.717) is 10.2 Å². The zero-order valence-electron chi connectivity index (χ0n) is 9.55. The molecule has 2 rings (SSSR count). The first-order valence-corrected chi connectivity index (χ1v) is 7.85. The Bertz CT molecular complexity index is 680. The van der Waals surface area contributed by atoms with Crippen LogP contribution in [0.15, 0.2) is 46.0 Å². The maximum absolute atomic E-state index is 12.1. The van der Waals surface area contributed by atoms with Gasteiger partial charge in [0.25, 0.3) is 0 Å². The number of sulfonamides is 1. The number of hydrogen-bond acceptors (Lipinski definition) is 4. The molecule has 8 heteroatoms. The molecule has 0 aromatic carbocycles. The van der Waals surface area contributed by atoms with Crippen molar-refractivity contribution >= 4 is 37.6 Å². The lowest BCUT2D eigenvalue weighted by molar-refractivity contribution is 0.580. The number of hydrogen-bond donors (Lipinski definition) is 1. The molecular formula is C11H9BrClN3O2S. The van der Waals surface area contributed by atoms with Gasteiger partial charge in [0.2, 0.25) is 10.0 Å². The molecule has 100 valence electrons. The van der Waals surface area contributed by atoms with Gasteiger partial charge in [-0.05, 0) is 34.1 Å².